The maximum atomic E-state index is 2.47. The number of aromatic nitrogens is 2. The third kappa shape index (κ3) is 6.85. The van der Waals surface area contributed by atoms with E-state index in [1.54, 1.807) is 0 Å². The SMILES string of the molecule is c1ccc(-c2ccc(-c3ccccc3)n2-c2ccc3c(-c4cccc5ccccc45)c4cc(-n5c(-c6ccccc6)ccc5-c5ccccc5)ccc4c(-c4ccc5sc6ccccc6c5c4)c3c2)cc1. The molecule has 3 heteroatoms. The molecule has 3 heterocycles. The van der Waals surface area contributed by atoms with E-state index in [1.165, 1.54) is 97.0 Å². The summed E-state index contributed by atoms with van der Waals surface area (Å²) in [5.41, 5.74) is 16.3. The van der Waals surface area contributed by atoms with Crippen molar-refractivity contribution in [1.29, 1.82) is 0 Å². The van der Waals surface area contributed by atoms with Gasteiger partial charge in [0.2, 0.25) is 0 Å². The highest BCUT2D eigenvalue weighted by Crippen LogP contribution is 2.49. The summed E-state index contributed by atoms with van der Waals surface area (Å²) in [5, 5.41) is 9.83. The number of benzene rings is 11. The van der Waals surface area contributed by atoms with E-state index >= 15 is 0 Å². The minimum absolute atomic E-state index is 1.11. The highest BCUT2D eigenvalue weighted by molar-refractivity contribution is 7.25. The van der Waals surface area contributed by atoms with Crippen LogP contribution in [0.25, 0.3) is 131 Å². The molecule has 11 aromatic carbocycles. The van der Waals surface area contributed by atoms with Crippen LogP contribution in [0.4, 0.5) is 0 Å². The number of rotatable bonds is 8. The first kappa shape index (κ1) is 41.0. The van der Waals surface area contributed by atoms with Gasteiger partial charge in [-0.2, -0.15) is 0 Å². The molecule has 0 radical (unpaired) electrons. The van der Waals surface area contributed by atoms with E-state index in [2.05, 4.69) is 276 Å². The molecule has 0 bridgehead atoms. The summed E-state index contributed by atoms with van der Waals surface area (Å²) in [6.45, 7) is 0. The van der Waals surface area contributed by atoms with E-state index in [9.17, 15) is 0 Å². The van der Waals surface area contributed by atoms with Gasteiger partial charge >= 0.3 is 0 Å². The van der Waals surface area contributed by atoms with Crippen LogP contribution >= 0.6 is 11.3 Å². The Bertz CT molecular complexity index is 4190. The van der Waals surface area contributed by atoms with Gasteiger partial charge in [-0.15, -0.1) is 11.3 Å². The fourth-order valence-corrected chi connectivity index (χ4v) is 12.3. The second-order valence-corrected chi connectivity index (χ2v) is 19.5. The normalized spacial score (nSPS) is 11.7. The van der Waals surface area contributed by atoms with Gasteiger partial charge in [0.15, 0.2) is 0 Å². The Morgan fingerprint density at radius 3 is 1.23 bits per heavy atom. The molecule has 0 aliphatic heterocycles. The molecule has 0 unspecified atom stereocenters. The van der Waals surface area contributed by atoms with Gasteiger partial charge in [0.25, 0.3) is 0 Å². The monoisotopic (exact) mass is 920 g/mol. The van der Waals surface area contributed by atoms with E-state index < -0.39 is 0 Å². The van der Waals surface area contributed by atoms with E-state index in [0.29, 0.717) is 0 Å². The summed E-state index contributed by atoms with van der Waals surface area (Å²) in [5.74, 6) is 0. The van der Waals surface area contributed by atoms with Crippen LogP contribution in [0.15, 0.2) is 267 Å². The molecule has 0 aliphatic rings. The quantitative estimate of drug-likeness (QED) is 0.134. The largest absolute Gasteiger partial charge is 0.309 e. The summed E-state index contributed by atoms with van der Waals surface area (Å²) in [4.78, 5) is 0. The molecule has 0 N–H and O–H groups in total. The number of hydrogen-bond acceptors (Lipinski definition) is 1. The Labute approximate surface area is 416 Å². The summed E-state index contributed by atoms with van der Waals surface area (Å²) in [7, 11) is 0. The van der Waals surface area contributed by atoms with Crippen LogP contribution in [0.2, 0.25) is 0 Å². The van der Waals surface area contributed by atoms with Crippen molar-refractivity contribution >= 4 is 63.8 Å². The van der Waals surface area contributed by atoms with E-state index in [-0.39, 0.29) is 0 Å². The molecule has 0 amide bonds. The summed E-state index contributed by atoms with van der Waals surface area (Å²) in [6, 6.07) is 98.3. The summed E-state index contributed by atoms with van der Waals surface area (Å²) in [6.07, 6.45) is 0. The fraction of sp³-hybridized carbons (Fsp3) is 0. The lowest BCUT2D eigenvalue weighted by atomic mass is 9.84. The predicted molar refractivity (Wildman–Crippen MR) is 303 cm³/mol. The molecule has 14 aromatic rings. The fourth-order valence-electron chi connectivity index (χ4n) is 11.2. The number of nitrogens with zero attached hydrogens (tertiary/aromatic N) is 2. The minimum Gasteiger partial charge on any atom is -0.309 e. The first-order valence-corrected chi connectivity index (χ1v) is 25.1. The Hall–Kier alpha value is -9.02. The van der Waals surface area contributed by atoms with E-state index in [1.807, 2.05) is 11.3 Å². The zero-order chi connectivity index (χ0) is 46.8. The predicted octanol–water partition coefficient (Wildman–Crippen LogP) is 19.1. The number of thiophene rings is 1. The van der Waals surface area contributed by atoms with Crippen molar-refractivity contribution < 1.29 is 0 Å². The molecule has 0 spiro atoms. The van der Waals surface area contributed by atoms with Crippen molar-refractivity contribution in [3.63, 3.8) is 0 Å². The molecular weight excluding hydrogens is 877 g/mol. The Balaban J connectivity index is 1.13. The highest BCUT2D eigenvalue weighted by Gasteiger charge is 2.23. The Morgan fingerprint density at radius 1 is 0.239 bits per heavy atom. The average Bonchev–Trinajstić information content (AvgIpc) is 4.19. The molecule has 0 atom stereocenters. The van der Waals surface area contributed by atoms with Crippen LogP contribution in [0.3, 0.4) is 0 Å². The standard InChI is InChI=1S/C68H44N2S/c1-5-19-46(20-6-1)61-37-38-62(47-21-7-2-8-22-47)69(61)51-34-36-57-59(43-51)67(50-32-41-66-58(42-50)54-29-15-16-31-65(54)71-66)56-35-33-52(44-60(56)68(57)55-30-17-27-45-18-13-14-28-53(45)55)70-63(48-23-9-3-10-24-48)39-40-64(70)49-25-11-4-12-26-49/h1-44H. The lowest BCUT2D eigenvalue weighted by molar-refractivity contribution is 1.10. The molecule has 14 rings (SSSR count). The van der Waals surface area contributed by atoms with Gasteiger partial charge < -0.3 is 9.13 Å². The second kappa shape index (κ2) is 16.9. The van der Waals surface area contributed by atoms with Crippen LogP contribution in [0.1, 0.15) is 0 Å². The first-order chi connectivity index (χ1) is 35.2. The van der Waals surface area contributed by atoms with Gasteiger partial charge in [0, 0.05) is 31.5 Å². The van der Waals surface area contributed by atoms with Crippen LogP contribution in [0.5, 0.6) is 0 Å². The van der Waals surface area contributed by atoms with E-state index in [4.69, 9.17) is 0 Å². The zero-order valence-corrected chi connectivity index (χ0v) is 39.5. The van der Waals surface area contributed by atoms with Gasteiger partial charge in [0.1, 0.15) is 0 Å². The lowest BCUT2D eigenvalue weighted by Crippen LogP contribution is -2.02. The average molecular weight is 921 g/mol. The number of hydrogen-bond donors (Lipinski definition) is 0. The Kier molecular flexibility index (Phi) is 9.75. The summed E-state index contributed by atoms with van der Waals surface area (Å²) >= 11 is 1.87. The van der Waals surface area contributed by atoms with Crippen molar-refractivity contribution in [3.8, 4) is 78.7 Å². The van der Waals surface area contributed by atoms with Crippen molar-refractivity contribution in [1.82, 2.24) is 9.13 Å². The van der Waals surface area contributed by atoms with Crippen molar-refractivity contribution in [2.45, 2.75) is 0 Å². The Morgan fingerprint density at radius 2 is 0.676 bits per heavy atom. The molecule has 3 aromatic heterocycles. The molecule has 2 nitrogen and oxygen atoms in total. The van der Waals surface area contributed by atoms with Crippen molar-refractivity contribution in [2.24, 2.45) is 0 Å². The maximum absolute atomic E-state index is 2.47. The van der Waals surface area contributed by atoms with Crippen LogP contribution in [0, 0.1) is 0 Å². The molecule has 332 valence electrons. The molecule has 0 saturated carbocycles. The number of fused-ring (bicyclic) bond motifs is 6. The van der Waals surface area contributed by atoms with Gasteiger partial charge in [-0.05, 0) is 144 Å². The lowest BCUT2D eigenvalue weighted by Gasteiger charge is -2.22. The van der Waals surface area contributed by atoms with Crippen molar-refractivity contribution in [2.75, 3.05) is 0 Å². The maximum Gasteiger partial charge on any atom is 0.0535 e. The third-order valence-electron chi connectivity index (χ3n) is 14.4. The van der Waals surface area contributed by atoms with Gasteiger partial charge in [-0.1, -0.05) is 200 Å². The van der Waals surface area contributed by atoms with Gasteiger partial charge in [0.05, 0.1) is 22.8 Å². The second-order valence-electron chi connectivity index (χ2n) is 18.4. The molecular formula is C68H44N2S. The van der Waals surface area contributed by atoms with Crippen LogP contribution in [-0.4, -0.2) is 9.13 Å². The third-order valence-corrected chi connectivity index (χ3v) is 15.5. The highest BCUT2D eigenvalue weighted by atomic mass is 32.1. The molecule has 71 heavy (non-hydrogen) atoms. The van der Waals surface area contributed by atoms with Crippen LogP contribution < -0.4 is 0 Å². The zero-order valence-electron chi connectivity index (χ0n) is 38.7. The smallest absolute Gasteiger partial charge is 0.0535 e. The summed E-state index contributed by atoms with van der Waals surface area (Å²) < 4.78 is 7.50. The molecule has 0 saturated heterocycles. The van der Waals surface area contributed by atoms with Gasteiger partial charge in [-0.25, -0.2) is 0 Å². The first-order valence-electron chi connectivity index (χ1n) is 24.3. The van der Waals surface area contributed by atoms with Crippen molar-refractivity contribution in [3.05, 3.63) is 267 Å². The molecule has 0 aliphatic carbocycles. The van der Waals surface area contributed by atoms with Crippen LogP contribution in [-0.2, 0) is 0 Å². The topological polar surface area (TPSA) is 9.86 Å². The minimum atomic E-state index is 1.11. The van der Waals surface area contributed by atoms with Gasteiger partial charge in [-0.3, -0.25) is 0 Å². The van der Waals surface area contributed by atoms with E-state index in [0.717, 1.165) is 34.2 Å². The molecule has 0 fully saturated rings.